The standard InChI is InChI=1S/C16H16ClN3O6/c1-16(14(21)22)6-9(7-20(16)15(23)24)26-13-12(17)18-10-4-3-8(25-2)5-11(10)19-13/h3-5,9H,6-7H2,1-2H3,(H,21,22)(H,23,24)/t9-,16+/m1/s1. The number of carbonyl (C=O) groups is 2. The molecule has 9 nitrogen and oxygen atoms in total. The molecule has 1 aliphatic heterocycles. The third-order valence-electron chi connectivity index (χ3n) is 4.38. The Hall–Kier alpha value is -2.81. The van der Waals surface area contributed by atoms with E-state index in [4.69, 9.17) is 21.1 Å². The highest BCUT2D eigenvalue weighted by atomic mass is 35.5. The molecule has 3 rings (SSSR count). The van der Waals surface area contributed by atoms with Crippen LogP contribution in [0.3, 0.4) is 0 Å². The van der Waals surface area contributed by atoms with Crippen molar-refractivity contribution in [3.05, 3.63) is 23.4 Å². The van der Waals surface area contributed by atoms with Gasteiger partial charge in [-0.15, -0.1) is 0 Å². The van der Waals surface area contributed by atoms with E-state index < -0.39 is 23.7 Å². The Morgan fingerprint density at radius 3 is 2.62 bits per heavy atom. The van der Waals surface area contributed by atoms with Crippen LogP contribution in [0.25, 0.3) is 11.0 Å². The first kappa shape index (κ1) is 18.0. The first-order valence-corrected chi connectivity index (χ1v) is 8.04. The summed E-state index contributed by atoms with van der Waals surface area (Å²) in [6, 6.07) is 5.07. The van der Waals surface area contributed by atoms with Crippen LogP contribution >= 0.6 is 11.6 Å². The molecule has 26 heavy (non-hydrogen) atoms. The molecule has 0 spiro atoms. The first-order chi connectivity index (χ1) is 12.2. The number of hydrogen-bond acceptors (Lipinski definition) is 6. The number of likely N-dealkylation sites (tertiary alicyclic amines) is 1. The molecular weight excluding hydrogens is 366 g/mol. The largest absolute Gasteiger partial charge is 0.497 e. The number of methoxy groups -OCH3 is 1. The summed E-state index contributed by atoms with van der Waals surface area (Å²) in [5.41, 5.74) is -0.564. The van der Waals surface area contributed by atoms with Crippen molar-refractivity contribution in [3.63, 3.8) is 0 Å². The molecule has 0 aliphatic carbocycles. The molecule has 138 valence electrons. The van der Waals surface area contributed by atoms with Crippen molar-refractivity contribution in [2.75, 3.05) is 13.7 Å². The van der Waals surface area contributed by atoms with Crippen LogP contribution in [0, 0.1) is 0 Å². The lowest BCUT2D eigenvalue weighted by Gasteiger charge is -2.27. The van der Waals surface area contributed by atoms with E-state index in [0.29, 0.717) is 16.8 Å². The number of fused-ring (bicyclic) bond motifs is 1. The summed E-state index contributed by atoms with van der Waals surface area (Å²) in [7, 11) is 1.52. The number of benzene rings is 1. The Kier molecular flexibility index (Phi) is 4.49. The lowest BCUT2D eigenvalue weighted by molar-refractivity contribution is -0.147. The van der Waals surface area contributed by atoms with Crippen molar-refractivity contribution in [1.82, 2.24) is 14.9 Å². The molecule has 1 aromatic heterocycles. The summed E-state index contributed by atoms with van der Waals surface area (Å²) < 4.78 is 10.8. The average molecular weight is 382 g/mol. The molecule has 0 unspecified atom stereocenters. The molecule has 1 saturated heterocycles. The Morgan fingerprint density at radius 1 is 1.31 bits per heavy atom. The maximum absolute atomic E-state index is 11.5. The number of aromatic nitrogens is 2. The fourth-order valence-corrected chi connectivity index (χ4v) is 3.13. The van der Waals surface area contributed by atoms with Gasteiger partial charge in [-0.25, -0.2) is 19.6 Å². The third-order valence-corrected chi connectivity index (χ3v) is 4.62. The van der Waals surface area contributed by atoms with Gasteiger partial charge in [-0.3, -0.25) is 4.90 Å². The van der Waals surface area contributed by atoms with Gasteiger partial charge in [0.2, 0.25) is 0 Å². The van der Waals surface area contributed by atoms with Gasteiger partial charge in [0.15, 0.2) is 5.15 Å². The van der Waals surface area contributed by atoms with Gasteiger partial charge < -0.3 is 19.7 Å². The van der Waals surface area contributed by atoms with Crippen molar-refractivity contribution in [2.45, 2.75) is 25.0 Å². The smallest absolute Gasteiger partial charge is 0.408 e. The predicted molar refractivity (Wildman–Crippen MR) is 90.9 cm³/mol. The molecule has 2 aromatic rings. The van der Waals surface area contributed by atoms with Gasteiger partial charge in [-0.05, 0) is 19.1 Å². The van der Waals surface area contributed by atoms with Gasteiger partial charge in [-0.1, -0.05) is 11.6 Å². The molecule has 0 bridgehead atoms. The van der Waals surface area contributed by atoms with Gasteiger partial charge in [-0.2, -0.15) is 0 Å². The Labute approximate surface area is 153 Å². The number of halogens is 1. The van der Waals surface area contributed by atoms with Crippen LogP contribution in [0.1, 0.15) is 13.3 Å². The number of carboxylic acid groups (broad SMARTS) is 2. The van der Waals surface area contributed by atoms with E-state index in [2.05, 4.69) is 9.97 Å². The number of hydrogen-bond donors (Lipinski definition) is 2. The SMILES string of the molecule is COc1ccc2nc(Cl)c(O[C@H]3CN(C(=O)O)[C@](C)(C(=O)O)C3)nc2c1. The predicted octanol–water partition coefficient (Wildman–Crippen LogP) is 2.27. The van der Waals surface area contributed by atoms with Gasteiger partial charge in [0.1, 0.15) is 17.4 Å². The lowest BCUT2D eigenvalue weighted by Crippen LogP contribution is -2.50. The topological polar surface area (TPSA) is 122 Å². The summed E-state index contributed by atoms with van der Waals surface area (Å²) in [5, 5.41) is 18.7. The first-order valence-electron chi connectivity index (χ1n) is 7.66. The van der Waals surface area contributed by atoms with E-state index in [1.54, 1.807) is 18.2 Å². The molecule has 1 aromatic carbocycles. The van der Waals surface area contributed by atoms with E-state index in [-0.39, 0.29) is 24.0 Å². The summed E-state index contributed by atoms with van der Waals surface area (Å²) in [6.45, 7) is 1.22. The molecule has 1 amide bonds. The highest BCUT2D eigenvalue weighted by Gasteiger charge is 2.51. The van der Waals surface area contributed by atoms with Crippen molar-refractivity contribution in [2.24, 2.45) is 0 Å². The number of amides is 1. The van der Waals surface area contributed by atoms with Gasteiger partial charge in [0.05, 0.1) is 24.7 Å². The van der Waals surface area contributed by atoms with Crippen molar-refractivity contribution in [3.8, 4) is 11.6 Å². The minimum absolute atomic E-state index is 0.00784. The van der Waals surface area contributed by atoms with E-state index >= 15 is 0 Å². The van der Waals surface area contributed by atoms with E-state index in [1.165, 1.54) is 14.0 Å². The lowest BCUT2D eigenvalue weighted by atomic mass is 9.99. The normalized spacial score (nSPS) is 22.4. The molecule has 10 heteroatoms. The maximum atomic E-state index is 11.5. The second kappa shape index (κ2) is 6.49. The summed E-state index contributed by atoms with van der Waals surface area (Å²) in [6.07, 6.45) is -2.09. The molecule has 2 N–H and O–H groups in total. The molecule has 1 fully saturated rings. The highest BCUT2D eigenvalue weighted by Crippen LogP contribution is 2.34. The molecular formula is C16H16ClN3O6. The quantitative estimate of drug-likeness (QED) is 0.826. The summed E-state index contributed by atoms with van der Waals surface area (Å²) in [5.74, 6) is -0.653. The van der Waals surface area contributed by atoms with Crippen molar-refractivity contribution >= 4 is 34.7 Å². The fraction of sp³-hybridized carbons (Fsp3) is 0.375. The van der Waals surface area contributed by atoms with Crippen LogP contribution in [0.5, 0.6) is 11.6 Å². The molecule has 1 aliphatic rings. The summed E-state index contributed by atoms with van der Waals surface area (Å²) in [4.78, 5) is 32.2. The Bertz CT molecular complexity index is 892. The van der Waals surface area contributed by atoms with Crippen molar-refractivity contribution < 1.29 is 29.3 Å². The van der Waals surface area contributed by atoms with Gasteiger partial charge in [0, 0.05) is 12.5 Å². The number of aliphatic carboxylic acids is 1. The zero-order chi connectivity index (χ0) is 19.1. The second-order valence-corrected chi connectivity index (χ2v) is 6.45. The molecule has 2 atom stereocenters. The van der Waals surface area contributed by atoms with E-state index in [0.717, 1.165) is 4.90 Å². The fourth-order valence-electron chi connectivity index (χ4n) is 2.95. The van der Waals surface area contributed by atoms with Crippen LogP contribution in [-0.4, -0.2) is 62.4 Å². The Morgan fingerprint density at radius 2 is 2.04 bits per heavy atom. The zero-order valence-electron chi connectivity index (χ0n) is 14.0. The second-order valence-electron chi connectivity index (χ2n) is 6.09. The monoisotopic (exact) mass is 381 g/mol. The number of rotatable bonds is 4. The molecule has 0 saturated carbocycles. The number of carboxylic acids is 1. The van der Waals surface area contributed by atoms with Crippen LogP contribution in [0.4, 0.5) is 4.79 Å². The van der Waals surface area contributed by atoms with Gasteiger partial charge >= 0.3 is 12.1 Å². The maximum Gasteiger partial charge on any atom is 0.408 e. The van der Waals surface area contributed by atoms with E-state index in [9.17, 15) is 19.8 Å². The average Bonchev–Trinajstić information content (AvgIpc) is 2.93. The Balaban J connectivity index is 1.90. The van der Waals surface area contributed by atoms with Crippen molar-refractivity contribution in [1.29, 1.82) is 0 Å². The number of nitrogens with zero attached hydrogens (tertiary/aromatic N) is 3. The van der Waals surface area contributed by atoms with Crippen LogP contribution in [-0.2, 0) is 4.79 Å². The van der Waals surface area contributed by atoms with Crippen LogP contribution in [0.15, 0.2) is 18.2 Å². The summed E-state index contributed by atoms with van der Waals surface area (Å²) >= 11 is 6.11. The molecule has 2 heterocycles. The highest BCUT2D eigenvalue weighted by molar-refractivity contribution is 6.31. The minimum Gasteiger partial charge on any atom is -0.497 e. The van der Waals surface area contributed by atoms with Crippen LogP contribution in [0.2, 0.25) is 5.15 Å². The third kappa shape index (κ3) is 3.05. The zero-order valence-corrected chi connectivity index (χ0v) is 14.7. The number of ether oxygens (including phenoxy) is 2. The molecule has 0 radical (unpaired) electrons. The van der Waals surface area contributed by atoms with Crippen LogP contribution < -0.4 is 9.47 Å². The van der Waals surface area contributed by atoms with E-state index in [1.807, 2.05) is 0 Å². The van der Waals surface area contributed by atoms with Gasteiger partial charge in [0.25, 0.3) is 5.88 Å². The minimum atomic E-state index is -1.59.